The number of para-hydroxylation sites is 4. The molecule has 6 aromatic carbocycles. The van der Waals surface area contributed by atoms with Crippen LogP contribution in [0.3, 0.4) is 0 Å². The fourth-order valence-corrected chi connectivity index (χ4v) is 13.6. The number of hydrogen-bond donors (Lipinski definition) is 10. The van der Waals surface area contributed by atoms with Crippen LogP contribution < -0.4 is 188 Å². The van der Waals surface area contributed by atoms with E-state index < -0.39 is 139 Å². The summed E-state index contributed by atoms with van der Waals surface area (Å²) in [4.78, 5) is 7.16. The zero-order valence-corrected chi connectivity index (χ0v) is 90.1. The molecule has 712 valence electrons. The number of benzene rings is 6. The number of ether oxygens (including phenoxy) is 6. The summed E-state index contributed by atoms with van der Waals surface area (Å²) < 4.78 is 198. The summed E-state index contributed by atoms with van der Waals surface area (Å²) in [6.45, 7) is 14.0. The van der Waals surface area contributed by atoms with Crippen molar-refractivity contribution in [1.29, 1.82) is 0 Å². The van der Waals surface area contributed by atoms with Crippen molar-refractivity contribution in [2.75, 3.05) is 165 Å². The fourth-order valence-electron chi connectivity index (χ4n) is 11.1. The topological polar surface area (TPSA) is 560 Å². The number of unbranched alkanes of at least 4 members (excludes halogenated alkanes) is 2. The molecule has 36 nitrogen and oxygen atoms in total. The molecule has 0 saturated carbocycles. The smallest absolute Gasteiger partial charge is 0.748 e. The Morgan fingerprint density at radius 1 is 0.300 bits per heavy atom. The quantitative estimate of drug-likeness (QED) is 0.00963. The average molecular weight is 1980 g/mol. The Kier molecular flexibility index (Phi) is 78.8. The van der Waals surface area contributed by atoms with Crippen molar-refractivity contribution in [2.45, 2.75) is 164 Å². The van der Waals surface area contributed by atoms with Crippen LogP contribution in [-0.2, 0) is 60.1 Å². The Bertz CT molecular complexity index is 4020. The normalized spacial score (nSPS) is 13.8. The largest absolute Gasteiger partial charge is 1.00 e. The predicted molar refractivity (Wildman–Crippen MR) is 467 cm³/mol. The van der Waals surface area contributed by atoms with E-state index >= 15 is 0 Å². The van der Waals surface area contributed by atoms with Gasteiger partial charge in [-0.1, -0.05) is 139 Å². The summed E-state index contributed by atoms with van der Waals surface area (Å²) in [5.41, 5.74) is 0.730. The van der Waals surface area contributed by atoms with Crippen LogP contribution in [0.25, 0.3) is 0 Å². The zero-order valence-electron chi connectivity index (χ0n) is 76.9. The first-order chi connectivity index (χ1) is 59.0. The summed E-state index contributed by atoms with van der Waals surface area (Å²) in [5, 5.41) is 100. The van der Waals surface area contributed by atoms with E-state index in [1.54, 1.807) is 85.2 Å². The van der Waals surface area contributed by atoms with Crippen molar-refractivity contribution in [3.8, 4) is 23.0 Å². The minimum atomic E-state index is -4.66. The molecule has 0 aliphatic heterocycles. The Balaban J connectivity index is -0.000000777. The van der Waals surface area contributed by atoms with Gasteiger partial charge in [0.25, 0.3) is 0 Å². The van der Waals surface area contributed by atoms with Crippen LogP contribution >= 0.6 is 0 Å². The van der Waals surface area contributed by atoms with Crippen LogP contribution in [-0.4, -0.2) is 347 Å². The number of nitrogens with zero attached hydrogens (tertiary/aromatic N) is 5. The molecule has 0 amide bonds. The third-order valence-electron chi connectivity index (χ3n) is 18.0. The van der Waals surface area contributed by atoms with Crippen LogP contribution in [0.5, 0.6) is 23.0 Å². The second-order valence-corrected chi connectivity index (χ2v) is 36.6. The van der Waals surface area contributed by atoms with Crippen molar-refractivity contribution in [3.05, 3.63) is 170 Å². The number of aliphatic hydroxyl groups excluding tert-OH is 10. The fraction of sp³-hybridized carbons (Fsp3) is 0.571. The number of hydrogen-bond acceptors (Lipinski definition) is 36. The van der Waals surface area contributed by atoms with Gasteiger partial charge in [-0.05, 0) is 123 Å². The maximum atomic E-state index is 11.5. The van der Waals surface area contributed by atoms with Crippen molar-refractivity contribution >= 4 is 62.0 Å². The van der Waals surface area contributed by atoms with Gasteiger partial charge in [-0.3, -0.25) is 14.7 Å². The molecule has 0 aliphatic rings. The van der Waals surface area contributed by atoms with Gasteiger partial charge in [0.15, 0.2) is 0 Å². The Morgan fingerprint density at radius 3 is 0.715 bits per heavy atom. The molecule has 0 aromatic heterocycles. The Labute approximate surface area is 890 Å². The van der Waals surface area contributed by atoms with E-state index in [9.17, 15) is 116 Å². The first kappa shape index (κ1) is 135. The average Bonchev–Trinajstić information content (AvgIpc) is 0.832. The maximum Gasteiger partial charge on any atom is 1.00 e. The molecule has 130 heavy (non-hydrogen) atoms. The predicted octanol–water partition coefficient (Wildman–Crippen LogP) is -11.5. The third-order valence-corrected chi connectivity index (χ3v) is 21.7. The maximum absolute atomic E-state index is 11.5. The molecule has 0 bridgehead atoms. The first-order valence-electron chi connectivity index (χ1n) is 41.2. The minimum Gasteiger partial charge on any atom is -0.748 e. The molecule has 0 aliphatic carbocycles. The van der Waals surface area contributed by atoms with E-state index in [1.165, 1.54) is 36.4 Å². The molecule has 6 aromatic rings. The van der Waals surface area contributed by atoms with Gasteiger partial charge < -0.3 is 112 Å². The van der Waals surface area contributed by atoms with E-state index in [0.717, 1.165) is 25.7 Å². The van der Waals surface area contributed by atoms with Gasteiger partial charge in [-0.25, -0.2) is 42.1 Å². The van der Waals surface area contributed by atoms with E-state index in [4.69, 9.17) is 28.4 Å². The standard InChI is InChI=1S/2C24H27NO7S.C16H35NO7S.2C10H23NO5S.K.Li.3Na/c2*26-20(17-31-22-9-3-1-4-10-22)15-25(19-8-7-13-24(14-19)33(28,29)30)16-21(27)18-32-23-11-5-2-6-12-23;1-3-5-8-23-13-15(18)11-17(7-10-25(20,21)22)12-16(19)14-24-9-6-4-2;2*1-3-9(12)7-11(8-10(13)4-2)5-6-17(14,15)16;;;;;/h2*1-14,20-21,26-27H,15-18H2,(H,28,29,30);15-16,18-19H,3-14H2,1-2H3,(H,20,21,22);2*9-10,12-13H,3-8H2,1-2H3,(H,14,15,16);;;;;/q;;;;;5*+1/p-5. The number of anilines is 2. The van der Waals surface area contributed by atoms with Gasteiger partial charge in [0.05, 0.1) is 107 Å². The molecule has 0 fully saturated rings. The zero-order chi connectivity index (χ0) is 93.4. The van der Waals surface area contributed by atoms with E-state index in [2.05, 4.69) is 0 Å². The van der Waals surface area contributed by atoms with Gasteiger partial charge in [-0.15, -0.1) is 0 Å². The first-order valence-corrected chi connectivity index (χ1v) is 48.8. The second-order valence-electron chi connectivity index (χ2n) is 29.3. The monoisotopic (exact) mass is 1980 g/mol. The Hall–Kier alpha value is -1.70. The van der Waals surface area contributed by atoms with Gasteiger partial charge in [-0.2, -0.15) is 0 Å². The van der Waals surface area contributed by atoms with E-state index in [-0.39, 0.29) is 284 Å². The van der Waals surface area contributed by atoms with Crippen LogP contribution in [0.15, 0.2) is 180 Å². The minimum absolute atomic E-state index is 0. The SMILES string of the molecule is CCC(O)CN(CCS(=O)(=O)[O-])CC(O)CC.CCC(O)CN(CCS(=O)(=O)[O-])CC(O)CC.CCCCOCC(O)CN(CCS(=O)(=O)[O-])CC(O)COCCCC.O=S(=O)([O-])c1cccc(N(CC(O)COc2ccccc2)CC(O)COc2ccccc2)c1.O=S(=O)([O-])c1cccc(N(CC(O)COc2ccccc2)CC(O)COc2ccccc2)c1.[K+].[Li+].[Na+].[Na+].[Na+]. The summed E-state index contributed by atoms with van der Waals surface area (Å²) in [5.74, 6) is 0.815. The van der Waals surface area contributed by atoms with Crippen molar-refractivity contribution < 1.29 is 303 Å². The summed E-state index contributed by atoms with van der Waals surface area (Å²) in [6, 6.07) is 46.9. The molecule has 10 atom stereocenters. The molecule has 0 heterocycles. The van der Waals surface area contributed by atoms with Gasteiger partial charge in [0.1, 0.15) is 94.1 Å². The van der Waals surface area contributed by atoms with Crippen LogP contribution in [0, 0.1) is 0 Å². The van der Waals surface area contributed by atoms with E-state index in [1.807, 2.05) is 114 Å². The van der Waals surface area contributed by atoms with Crippen LogP contribution in [0.2, 0.25) is 0 Å². The van der Waals surface area contributed by atoms with E-state index in [0.29, 0.717) is 73.3 Å². The number of rotatable bonds is 59. The summed E-state index contributed by atoms with van der Waals surface area (Å²) in [7, 11) is -22.2. The Morgan fingerprint density at radius 2 is 0.515 bits per heavy atom. The molecule has 46 heteroatoms. The van der Waals surface area contributed by atoms with Crippen LogP contribution in [0.1, 0.15) is 92.9 Å². The molecule has 10 N–H and O–H groups in total. The summed E-state index contributed by atoms with van der Waals surface area (Å²) in [6.07, 6.45) is -1.81. The molecule has 0 radical (unpaired) electrons. The molecule has 10 unspecified atom stereocenters. The van der Waals surface area contributed by atoms with Gasteiger partial charge in [0, 0.05) is 110 Å². The molecule has 6 rings (SSSR count). The summed E-state index contributed by atoms with van der Waals surface area (Å²) >= 11 is 0. The number of aliphatic hydroxyl groups is 10. The van der Waals surface area contributed by atoms with Crippen LogP contribution in [0.4, 0.5) is 11.4 Å². The molecule has 0 spiro atoms. The molecular weight excluding hydrogens is 1850 g/mol. The third kappa shape index (κ3) is 70.0. The van der Waals surface area contributed by atoms with Crippen molar-refractivity contribution in [3.63, 3.8) is 0 Å². The van der Waals surface area contributed by atoms with Crippen molar-refractivity contribution in [1.82, 2.24) is 14.7 Å². The molecular formula is C84H130KLiN5Na3O31S5. The van der Waals surface area contributed by atoms with Gasteiger partial charge in [0.2, 0.25) is 0 Å². The second kappa shape index (κ2) is 76.2. The molecule has 0 saturated heterocycles. The van der Waals surface area contributed by atoms with Gasteiger partial charge >= 0.3 is 159 Å². The van der Waals surface area contributed by atoms with Crippen molar-refractivity contribution in [2.24, 2.45) is 0 Å².